The second kappa shape index (κ2) is 4.54. The normalized spacial score (nSPS) is 10.9. The molecule has 18 heavy (non-hydrogen) atoms. The molecule has 90 valence electrons. The van der Waals surface area contributed by atoms with Crippen molar-refractivity contribution in [1.82, 2.24) is 20.0 Å². The van der Waals surface area contributed by atoms with Crippen molar-refractivity contribution in [3.05, 3.63) is 42.6 Å². The summed E-state index contributed by atoms with van der Waals surface area (Å²) in [6.07, 6.45) is 1.87. The Morgan fingerprint density at radius 2 is 1.94 bits per heavy atom. The van der Waals surface area contributed by atoms with Gasteiger partial charge in [-0.2, -0.15) is 0 Å². The fraction of sp³-hybridized carbons (Fsp3) is 0.154. The molecule has 0 fully saturated rings. The highest BCUT2D eigenvalue weighted by atomic mass is 15.4. The largest absolute Gasteiger partial charge is 0.329 e. The SMILES string of the molecule is NCCn1cc(-c2ccc3ccccc3n2)nn1. The van der Waals surface area contributed by atoms with E-state index >= 15 is 0 Å². The van der Waals surface area contributed by atoms with Crippen LogP contribution in [0.15, 0.2) is 42.6 Å². The van der Waals surface area contributed by atoms with Crippen LogP contribution in [0.4, 0.5) is 0 Å². The monoisotopic (exact) mass is 239 g/mol. The van der Waals surface area contributed by atoms with Crippen LogP contribution in [-0.4, -0.2) is 26.5 Å². The number of pyridine rings is 1. The number of hydrogen-bond acceptors (Lipinski definition) is 4. The molecule has 5 heteroatoms. The number of nitrogens with two attached hydrogens (primary N) is 1. The fourth-order valence-electron chi connectivity index (χ4n) is 1.87. The number of nitrogens with zero attached hydrogens (tertiary/aromatic N) is 4. The fourth-order valence-corrected chi connectivity index (χ4v) is 1.87. The lowest BCUT2D eigenvalue weighted by Gasteiger charge is -1.99. The zero-order valence-corrected chi connectivity index (χ0v) is 9.82. The number of benzene rings is 1. The van der Waals surface area contributed by atoms with Gasteiger partial charge in [0.25, 0.3) is 0 Å². The first-order chi connectivity index (χ1) is 8.86. The van der Waals surface area contributed by atoms with Gasteiger partial charge in [-0.25, -0.2) is 4.98 Å². The Kier molecular flexibility index (Phi) is 2.74. The van der Waals surface area contributed by atoms with E-state index in [1.807, 2.05) is 42.6 Å². The Morgan fingerprint density at radius 3 is 2.83 bits per heavy atom. The maximum Gasteiger partial charge on any atom is 0.131 e. The Balaban J connectivity index is 2.02. The van der Waals surface area contributed by atoms with E-state index in [1.54, 1.807) is 4.68 Å². The highest BCUT2D eigenvalue weighted by Gasteiger charge is 2.05. The maximum absolute atomic E-state index is 5.48. The van der Waals surface area contributed by atoms with Crippen LogP contribution in [-0.2, 0) is 6.54 Å². The molecule has 1 aromatic carbocycles. The van der Waals surface area contributed by atoms with Crippen LogP contribution < -0.4 is 5.73 Å². The van der Waals surface area contributed by atoms with Gasteiger partial charge in [0.05, 0.1) is 24.0 Å². The summed E-state index contributed by atoms with van der Waals surface area (Å²) in [6, 6.07) is 12.0. The van der Waals surface area contributed by atoms with Gasteiger partial charge >= 0.3 is 0 Å². The van der Waals surface area contributed by atoms with Gasteiger partial charge in [-0.1, -0.05) is 29.5 Å². The minimum Gasteiger partial charge on any atom is -0.329 e. The molecule has 5 nitrogen and oxygen atoms in total. The van der Waals surface area contributed by atoms with E-state index in [2.05, 4.69) is 15.3 Å². The number of aromatic nitrogens is 4. The average Bonchev–Trinajstić information content (AvgIpc) is 2.87. The molecule has 0 unspecified atom stereocenters. The first kappa shape index (κ1) is 10.9. The molecule has 0 aliphatic carbocycles. The molecule has 0 bridgehead atoms. The van der Waals surface area contributed by atoms with Crippen LogP contribution in [0.3, 0.4) is 0 Å². The summed E-state index contributed by atoms with van der Waals surface area (Å²) in [4.78, 5) is 4.57. The molecule has 0 aliphatic rings. The van der Waals surface area contributed by atoms with Crippen LogP contribution in [0, 0.1) is 0 Å². The molecule has 2 N–H and O–H groups in total. The van der Waals surface area contributed by atoms with E-state index in [-0.39, 0.29) is 0 Å². The van der Waals surface area contributed by atoms with Gasteiger partial charge < -0.3 is 5.73 Å². The summed E-state index contributed by atoms with van der Waals surface area (Å²) in [5.74, 6) is 0. The molecule has 0 aliphatic heterocycles. The summed E-state index contributed by atoms with van der Waals surface area (Å²) in [6.45, 7) is 1.22. The quantitative estimate of drug-likeness (QED) is 0.751. The topological polar surface area (TPSA) is 69.6 Å². The van der Waals surface area contributed by atoms with Crippen molar-refractivity contribution in [2.45, 2.75) is 6.54 Å². The van der Waals surface area contributed by atoms with Crippen LogP contribution in [0.5, 0.6) is 0 Å². The molecule has 0 saturated heterocycles. The molecule has 0 radical (unpaired) electrons. The van der Waals surface area contributed by atoms with Crippen molar-refractivity contribution >= 4 is 10.9 Å². The highest BCUT2D eigenvalue weighted by Crippen LogP contribution is 2.18. The van der Waals surface area contributed by atoms with Crippen molar-refractivity contribution in [1.29, 1.82) is 0 Å². The third-order valence-corrected chi connectivity index (χ3v) is 2.76. The number of fused-ring (bicyclic) bond motifs is 1. The van der Waals surface area contributed by atoms with E-state index in [9.17, 15) is 0 Å². The predicted octanol–water partition coefficient (Wildman–Crippen LogP) is 1.45. The first-order valence-electron chi connectivity index (χ1n) is 5.83. The third-order valence-electron chi connectivity index (χ3n) is 2.76. The zero-order valence-electron chi connectivity index (χ0n) is 9.82. The van der Waals surface area contributed by atoms with E-state index in [1.165, 1.54) is 0 Å². The van der Waals surface area contributed by atoms with Crippen molar-refractivity contribution < 1.29 is 0 Å². The smallest absolute Gasteiger partial charge is 0.131 e. The van der Waals surface area contributed by atoms with Gasteiger partial charge in [-0.05, 0) is 12.1 Å². The zero-order chi connectivity index (χ0) is 12.4. The third kappa shape index (κ3) is 1.96. The number of hydrogen-bond donors (Lipinski definition) is 1. The Bertz CT molecular complexity index is 674. The van der Waals surface area contributed by atoms with E-state index in [0.717, 1.165) is 22.3 Å². The molecular formula is C13H13N5. The molecule has 0 saturated carbocycles. The minimum atomic E-state index is 0.550. The standard InChI is InChI=1S/C13H13N5/c14-7-8-18-9-13(16-17-18)12-6-5-10-3-1-2-4-11(10)15-12/h1-6,9H,7-8,14H2. The van der Waals surface area contributed by atoms with Crippen LogP contribution >= 0.6 is 0 Å². The lowest BCUT2D eigenvalue weighted by Crippen LogP contribution is -2.10. The predicted molar refractivity (Wildman–Crippen MR) is 69.8 cm³/mol. The Labute approximate surface area is 104 Å². The molecule has 0 amide bonds. The van der Waals surface area contributed by atoms with Gasteiger partial charge in [-0.15, -0.1) is 5.10 Å². The Hall–Kier alpha value is -2.27. The summed E-state index contributed by atoms with van der Waals surface area (Å²) < 4.78 is 1.73. The molecule has 2 aromatic heterocycles. The number of para-hydroxylation sites is 1. The summed E-state index contributed by atoms with van der Waals surface area (Å²) >= 11 is 0. The molecule has 0 atom stereocenters. The minimum absolute atomic E-state index is 0.550. The van der Waals surface area contributed by atoms with Gasteiger partial charge in [0.15, 0.2) is 0 Å². The maximum atomic E-state index is 5.48. The number of rotatable bonds is 3. The van der Waals surface area contributed by atoms with Crippen LogP contribution in [0.1, 0.15) is 0 Å². The molecule has 2 heterocycles. The van der Waals surface area contributed by atoms with E-state index in [0.29, 0.717) is 13.1 Å². The molecule has 3 rings (SSSR count). The summed E-state index contributed by atoms with van der Waals surface area (Å²) in [5, 5.41) is 9.24. The van der Waals surface area contributed by atoms with Crippen molar-refractivity contribution in [2.24, 2.45) is 5.73 Å². The summed E-state index contributed by atoms with van der Waals surface area (Å²) in [5.41, 5.74) is 8.04. The average molecular weight is 239 g/mol. The Morgan fingerprint density at radius 1 is 1.06 bits per heavy atom. The van der Waals surface area contributed by atoms with E-state index < -0.39 is 0 Å². The molecule has 3 aromatic rings. The highest BCUT2D eigenvalue weighted by molar-refractivity contribution is 5.80. The molecule has 0 spiro atoms. The summed E-state index contributed by atoms with van der Waals surface area (Å²) in [7, 11) is 0. The van der Waals surface area contributed by atoms with Crippen LogP contribution in [0.25, 0.3) is 22.3 Å². The van der Waals surface area contributed by atoms with Gasteiger partial charge in [0.1, 0.15) is 5.69 Å². The van der Waals surface area contributed by atoms with Gasteiger partial charge in [-0.3, -0.25) is 4.68 Å². The second-order valence-corrected chi connectivity index (χ2v) is 4.04. The lowest BCUT2D eigenvalue weighted by molar-refractivity contribution is 0.598. The molecular weight excluding hydrogens is 226 g/mol. The van der Waals surface area contributed by atoms with Gasteiger partial charge in [0, 0.05) is 11.9 Å². The van der Waals surface area contributed by atoms with Gasteiger partial charge in [0.2, 0.25) is 0 Å². The second-order valence-electron chi connectivity index (χ2n) is 4.04. The van der Waals surface area contributed by atoms with Crippen molar-refractivity contribution in [3.8, 4) is 11.4 Å². The van der Waals surface area contributed by atoms with Crippen LogP contribution in [0.2, 0.25) is 0 Å². The first-order valence-corrected chi connectivity index (χ1v) is 5.83. The van der Waals surface area contributed by atoms with Crippen molar-refractivity contribution in [2.75, 3.05) is 6.54 Å². The van der Waals surface area contributed by atoms with E-state index in [4.69, 9.17) is 5.73 Å². The van der Waals surface area contributed by atoms with Crippen molar-refractivity contribution in [3.63, 3.8) is 0 Å². The lowest BCUT2D eigenvalue weighted by atomic mass is 10.2.